The first-order valence-corrected chi connectivity index (χ1v) is 5.42. The molecule has 1 saturated heterocycles. The van der Waals surface area contributed by atoms with Crippen molar-refractivity contribution < 1.29 is 9.59 Å². The highest BCUT2D eigenvalue weighted by atomic mass is 16.2. The van der Waals surface area contributed by atoms with Gasteiger partial charge in [0, 0.05) is 13.6 Å². The first-order chi connectivity index (χ1) is 7.47. The summed E-state index contributed by atoms with van der Waals surface area (Å²) in [6.07, 6.45) is 0.622. The predicted molar refractivity (Wildman–Crippen MR) is 58.1 cm³/mol. The smallest absolute Gasteiger partial charge is 0.244 e. The van der Waals surface area contributed by atoms with Crippen molar-refractivity contribution in [2.45, 2.75) is 26.3 Å². The molecule has 5 nitrogen and oxygen atoms in total. The van der Waals surface area contributed by atoms with Crippen LogP contribution in [0.5, 0.6) is 0 Å². The molecule has 0 radical (unpaired) electrons. The molecule has 0 aromatic heterocycles. The number of carbonyl (C=O) groups excluding carboxylic acids is 2. The fraction of sp³-hybridized carbons (Fsp3) is 0.727. The monoisotopic (exact) mass is 223 g/mol. The Labute approximate surface area is 95.4 Å². The molecular weight excluding hydrogens is 206 g/mol. The van der Waals surface area contributed by atoms with Crippen LogP contribution in [0.4, 0.5) is 0 Å². The Balaban J connectivity index is 2.59. The molecule has 5 heteroatoms. The first-order valence-electron chi connectivity index (χ1n) is 5.42. The number of carbonyl (C=O) groups is 2. The maximum Gasteiger partial charge on any atom is 0.244 e. The number of nitrogens with zero attached hydrogens (tertiary/aromatic N) is 2. The van der Waals surface area contributed by atoms with E-state index < -0.39 is 12.0 Å². The zero-order valence-electron chi connectivity index (χ0n) is 9.86. The molecule has 1 aliphatic heterocycles. The van der Waals surface area contributed by atoms with Gasteiger partial charge < -0.3 is 10.2 Å². The molecule has 1 aliphatic rings. The van der Waals surface area contributed by atoms with Crippen molar-refractivity contribution in [2.24, 2.45) is 11.8 Å². The normalized spacial score (nSPS) is 22.1. The lowest BCUT2D eigenvalue weighted by Crippen LogP contribution is -2.44. The van der Waals surface area contributed by atoms with Gasteiger partial charge in [0.1, 0.15) is 12.0 Å². The molecule has 2 unspecified atom stereocenters. The van der Waals surface area contributed by atoms with Gasteiger partial charge in [-0.15, -0.1) is 0 Å². The zero-order chi connectivity index (χ0) is 12.3. The van der Waals surface area contributed by atoms with Gasteiger partial charge in [0.05, 0.1) is 6.07 Å². The molecule has 0 aromatic carbocycles. The van der Waals surface area contributed by atoms with Gasteiger partial charge in [0.2, 0.25) is 11.8 Å². The second kappa shape index (κ2) is 4.97. The van der Waals surface area contributed by atoms with E-state index in [4.69, 9.17) is 5.26 Å². The minimum Gasteiger partial charge on any atom is -0.344 e. The Bertz CT molecular complexity index is 333. The van der Waals surface area contributed by atoms with Crippen LogP contribution in [-0.2, 0) is 9.59 Å². The number of amides is 2. The third-order valence-corrected chi connectivity index (χ3v) is 2.83. The standard InChI is InChI=1S/C11H17N3O2/c1-7(2)8(6-12)10(15)13-9-4-5-14(3)11(9)16/h7-9H,4-5H2,1-3H3,(H,13,15). The topological polar surface area (TPSA) is 73.2 Å². The Morgan fingerprint density at radius 1 is 1.62 bits per heavy atom. The van der Waals surface area contributed by atoms with Crippen molar-refractivity contribution in [3.05, 3.63) is 0 Å². The summed E-state index contributed by atoms with van der Waals surface area (Å²) in [7, 11) is 1.71. The summed E-state index contributed by atoms with van der Waals surface area (Å²) < 4.78 is 0. The summed E-state index contributed by atoms with van der Waals surface area (Å²) in [4.78, 5) is 24.9. The molecule has 0 spiro atoms. The van der Waals surface area contributed by atoms with Crippen LogP contribution >= 0.6 is 0 Å². The second-order valence-electron chi connectivity index (χ2n) is 4.46. The average Bonchev–Trinajstić information content (AvgIpc) is 2.50. The molecule has 1 rings (SSSR count). The van der Waals surface area contributed by atoms with Crippen molar-refractivity contribution >= 4 is 11.8 Å². The maximum atomic E-state index is 11.7. The molecular formula is C11H17N3O2. The van der Waals surface area contributed by atoms with Crippen LogP contribution in [0.1, 0.15) is 20.3 Å². The van der Waals surface area contributed by atoms with Gasteiger partial charge in [-0.3, -0.25) is 9.59 Å². The van der Waals surface area contributed by atoms with Crippen molar-refractivity contribution in [1.29, 1.82) is 5.26 Å². The molecule has 0 aromatic rings. The van der Waals surface area contributed by atoms with Crippen LogP contribution in [0, 0.1) is 23.2 Å². The highest BCUT2D eigenvalue weighted by Gasteiger charge is 2.32. The van der Waals surface area contributed by atoms with E-state index in [0.717, 1.165) is 0 Å². The van der Waals surface area contributed by atoms with E-state index >= 15 is 0 Å². The van der Waals surface area contributed by atoms with Gasteiger partial charge in [0.25, 0.3) is 0 Å². The van der Waals surface area contributed by atoms with E-state index in [0.29, 0.717) is 13.0 Å². The Hall–Kier alpha value is -1.57. The highest BCUT2D eigenvalue weighted by molar-refractivity contribution is 5.90. The molecule has 1 fully saturated rings. The van der Waals surface area contributed by atoms with Crippen molar-refractivity contribution in [2.75, 3.05) is 13.6 Å². The molecule has 0 aliphatic carbocycles. The second-order valence-corrected chi connectivity index (χ2v) is 4.46. The van der Waals surface area contributed by atoms with E-state index in [1.54, 1.807) is 11.9 Å². The summed E-state index contributed by atoms with van der Waals surface area (Å²) in [5.74, 6) is -1.14. The summed E-state index contributed by atoms with van der Waals surface area (Å²) in [5, 5.41) is 11.5. The van der Waals surface area contributed by atoms with Gasteiger partial charge in [-0.05, 0) is 12.3 Å². The molecule has 1 N–H and O–H groups in total. The Kier molecular flexibility index (Phi) is 3.88. The van der Waals surface area contributed by atoms with Crippen molar-refractivity contribution in [1.82, 2.24) is 10.2 Å². The first kappa shape index (κ1) is 12.5. The van der Waals surface area contributed by atoms with Crippen LogP contribution in [0.25, 0.3) is 0 Å². The number of likely N-dealkylation sites (tertiary alicyclic amines) is 1. The van der Waals surface area contributed by atoms with Crippen LogP contribution in [0.3, 0.4) is 0 Å². The van der Waals surface area contributed by atoms with E-state index in [1.165, 1.54) is 0 Å². The summed E-state index contributed by atoms with van der Waals surface area (Å²) in [6.45, 7) is 4.29. The lowest BCUT2D eigenvalue weighted by atomic mass is 9.96. The molecule has 2 amide bonds. The molecule has 1 heterocycles. The highest BCUT2D eigenvalue weighted by Crippen LogP contribution is 2.13. The number of rotatable bonds is 3. The fourth-order valence-electron chi connectivity index (χ4n) is 1.73. The number of nitriles is 1. The summed E-state index contributed by atoms with van der Waals surface area (Å²) in [5.41, 5.74) is 0. The van der Waals surface area contributed by atoms with E-state index in [2.05, 4.69) is 5.32 Å². The fourth-order valence-corrected chi connectivity index (χ4v) is 1.73. The SMILES string of the molecule is CC(C)C(C#N)C(=O)NC1CCN(C)C1=O. The van der Waals surface area contributed by atoms with Gasteiger partial charge in [-0.2, -0.15) is 5.26 Å². The van der Waals surface area contributed by atoms with Gasteiger partial charge in [0.15, 0.2) is 0 Å². The molecule has 0 saturated carbocycles. The van der Waals surface area contributed by atoms with Crippen molar-refractivity contribution in [3.8, 4) is 6.07 Å². The third-order valence-electron chi connectivity index (χ3n) is 2.83. The summed E-state index contributed by atoms with van der Waals surface area (Å²) in [6, 6.07) is 1.51. The van der Waals surface area contributed by atoms with Gasteiger partial charge in [-0.25, -0.2) is 0 Å². The summed E-state index contributed by atoms with van der Waals surface area (Å²) >= 11 is 0. The molecule has 0 bridgehead atoms. The number of likely N-dealkylation sites (N-methyl/N-ethyl adjacent to an activating group) is 1. The third kappa shape index (κ3) is 2.51. The Morgan fingerprint density at radius 3 is 2.62 bits per heavy atom. The average molecular weight is 223 g/mol. The van der Waals surface area contributed by atoms with Crippen molar-refractivity contribution in [3.63, 3.8) is 0 Å². The molecule has 16 heavy (non-hydrogen) atoms. The lowest BCUT2D eigenvalue weighted by molar-refractivity contribution is -0.133. The molecule has 88 valence electrons. The van der Waals surface area contributed by atoms with E-state index in [9.17, 15) is 9.59 Å². The van der Waals surface area contributed by atoms with Gasteiger partial charge in [-0.1, -0.05) is 13.8 Å². The minimum atomic E-state index is -0.682. The number of nitrogens with one attached hydrogen (secondary N) is 1. The predicted octanol–water partition coefficient (Wildman–Crippen LogP) is 0.129. The van der Waals surface area contributed by atoms with Crippen LogP contribution in [-0.4, -0.2) is 36.3 Å². The van der Waals surface area contributed by atoms with Crippen LogP contribution in [0.15, 0.2) is 0 Å². The van der Waals surface area contributed by atoms with Gasteiger partial charge >= 0.3 is 0 Å². The van der Waals surface area contributed by atoms with E-state index in [1.807, 2.05) is 19.9 Å². The quantitative estimate of drug-likeness (QED) is 0.739. The largest absolute Gasteiger partial charge is 0.344 e. The molecule has 2 atom stereocenters. The number of hydrogen-bond donors (Lipinski definition) is 1. The van der Waals surface area contributed by atoms with Crippen LogP contribution < -0.4 is 5.32 Å². The number of hydrogen-bond acceptors (Lipinski definition) is 3. The minimum absolute atomic E-state index is 0.0424. The lowest BCUT2D eigenvalue weighted by Gasteiger charge is -2.16. The van der Waals surface area contributed by atoms with Crippen LogP contribution in [0.2, 0.25) is 0 Å². The Morgan fingerprint density at radius 2 is 2.25 bits per heavy atom. The maximum absolute atomic E-state index is 11.7. The van der Waals surface area contributed by atoms with E-state index in [-0.39, 0.29) is 17.7 Å². The zero-order valence-corrected chi connectivity index (χ0v) is 9.86.